The summed E-state index contributed by atoms with van der Waals surface area (Å²) in [5.41, 5.74) is 3.70. The molecular weight excluding hydrogens is 386 g/mol. The van der Waals surface area contributed by atoms with Gasteiger partial charge in [-0.15, -0.1) is 0 Å². The van der Waals surface area contributed by atoms with E-state index in [9.17, 15) is 10.1 Å². The van der Waals surface area contributed by atoms with E-state index in [1.165, 1.54) is 17.8 Å². The molecule has 2 heterocycles. The minimum atomic E-state index is -0.373. The highest BCUT2D eigenvalue weighted by atomic mass is 32.2. The third-order valence-corrected chi connectivity index (χ3v) is 5.27. The standard InChI is InChI=1S/C21H19N5O2S/c1-14-11-20(23-21(22-14)29-2)25-19(16-9-6-10-17(12-16)26(27)28)13-18(24-25)15-7-4-3-5-8-15/h3-12,19H,13H2,1-2H3. The van der Waals surface area contributed by atoms with Gasteiger partial charge in [0.05, 0.1) is 16.7 Å². The molecule has 3 aromatic rings. The number of hydrogen-bond donors (Lipinski definition) is 0. The highest BCUT2D eigenvalue weighted by Gasteiger charge is 2.32. The van der Waals surface area contributed by atoms with Gasteiger partial charge in [0.25, 0.3) is 5.69 Å². The number of benzene rings is 2. The molecule has 1 aromatic heterocycles. The molecule has 0 N–H and O–H groups in total. The Kier molecular flexibility index (Phi) is 5.26. The summed E-state index contributed by atoms with van der Waals surface area (Å²) in [4.78, 5) is 20.0. The Hall–Kier alpha value is -3.26. The molecule has 0 aliphatic carbocycles. The number of nitro groups is 1. The SMILES string of the molecule is CSc1nc(C)cc(N2N=C(c3ccccc3)CC2c2cccc([N+](=O)[O-])c2)n1. The van der Waals surface area contributed by atoms with Crippen LogP contribution < -0.4 is 5.01 Å². The van der Waals surface area contributed by atoms with E-state index in [2.05, 4.69) is 9.97 Å². The Bertz CT molecular complexity index is 1090. The van der Waals surface area contributed by atoms with Gasteiger partial charge in [0, 0.05) is 30.3 Å². The summed E-state index contributed by atoms with van der Waals surface area (Å²) in [5, 5.41) is 18.7. The summed E-state index contributed by atoms with van der Waals surface area (Å²) in [5.74, 6) is 0.685. The van der Waals surface area contributed by atoms with E-state index in [0.29, 0.717) is 17.4 Å². The number of aromatic nitrogens is 2. The van der Waals surface area contributed by atoms with Gasteiger partial charge in [0.2, 0.25) is 0 Å². The predicted octanol–water partition coefficient (Wildman–Crippen LogP) is 4.77. The fraction of sp³-hybridized carbons (Fsp3) is 0.190. The van der Waals surface area contributed by atoms with Crippen molar-refractivity contribution in [1.29, 1.82) is 0 Å². The highest BCUT2D eigenvalue weighted by molar-refractivity contribution is 7.98. The van der Waals surface area contributed by atoms with Crippen molar-refractivity contribution in [2.24, 2.45) is 5.10 Å². The molecule has 0 spiro atoms. The third kappa shape index (κ3) is 3.97. The topological polar surface area (TPSA) is 84.5 Å². The minimum absolute atomic E-state index is 0.0688. The van der Waals surface area contributed by atoms with Gasteiger partial charge in [-0.1, -0.05) is 54.2 Å². The van der Waals surface area contributed by atoms with Crippen molar-refractivity contribution in [2.45, 2.75) is 24.5 Å². The van der Waals surface area contributed by atoms with Gasteiger partial charge < -0.3 is 0 Å². The Morgan fingerprint density at radius 3 is 2.62 bits per heavy atom. The molecular formula is C21H19N5O2S. The summed E-state index contributed by atoms with van der Waals surface area (Å²) in [7, 11) is 0. The molecule has 29 heavy (non-hydrogen) atoms. The van der Waals surface area contributed by atoms with Crippen LogP contribution in [0.4, 0.5) is 11.5 Å². The number of anilines is 1. The zero-order chi connectivity index (χ0) is 20.4. The third-order valence-electron chi connectivity index (χ3n) is 4.72. The average Bonchev–Trinajstić information content (AvgIpc) is 3.19. The Morgan fingerprint density at radius 2 is 1.90 bits per heavy atom. The molecule has 0 saturated heterocycles. The second-order valence-corrected chi connectivity index (χ2v) is 7.46. The van der Waals surface area contributed by atoms with Crippen LogP contribution in [0.3, 0.4) is 0 Å². The monoisotopic (exact) mass is 405 g/mol. The number of nitro benzene ring substituents is 1. The van der Waals surface area contributed by atoms with Crippen molar-refractivity contribution in [3.63, 3.8) is 0 Å². The van der Waals surface area contributed by atoms with Gasteiger partial charge in [-0.3, -0.25) is 10.1 Å². The second-order valence-electron chi connectivity index (χ2n) is 6.68. The van der Waals surface area contributed by atoms with Crippen molar-refractivity contribution in [1.82, 2.24) is 9.97 Å². The van der Waals surface area contributed by atoms with Crippen molar-refractivity contribution in [3.05, 3.63) is 87.6 Å². The van der Waals surface area contributed by atoms with Crippen LogP contribution in [0.2, 0.25) is 0 Å². The number of rotatable bonds is 5. The van der Waals surface area contributed by atoms with Crippen LogP contribution in [0.1, 0.15) is 29.3 Å². The largest absolute Gasteiger partial charge is 0.269 e. The first-order chi connectivity index (χ1) is 14.0. The molecule has 146 valence electrons. The molecule has 7 nitrogen and oxygen atoms in total. The minimum Gasteiger partial charge on any atom is -0.258 e. The number of hydrogen-bond acceptors (Lipinski definition) is 7. The molecule has 0 bridgehead atoms. The zero-order valence-corrected chi connectivity index (χ0v) is 16.8. The molecule has 0 saturated carbocycles. The fourth-order valence-electron chi connectivity index (χ4n) is 3.37. The van der Waals surface area contributed by atoms with E-state index in [0.717, 1.165) is 22.5 Å². The van der Waals surface area contributed by atoms with E-state index < -0.39 is 0 Å². The molecule has 0 amide bonds. The van der Waals surface area contributed by atoms with Crippen molar-refractivity contribution >= 4 is 29.0 Å². The van der Waals surface area contributed by atoms with Gasteiger partial charge >= 0.3 is 0 Å². The lowest BCUT2D eigenvalue weighted by Crippen LogP contribution is -2.20. The van der Waals surface area contributed by atoms with Crippen LogP contribution in [0.25, 0.3) is 0 Å². The molecule has 1 aliphatic rings. The number of hydrazone groups is 1. The number of nitrogens with zero attached hydrogens (tertiary/aromatic N) is 5. The summed E-state index contributed by atoms with van der Waals surface area (Å²) >= 11 is 1.47. The average molecular weight is 405 g/mol. The molecule has 1 unspecified atom stereocenters. The van der Waals surface area contributed by atoms with E-state index >= 15 is 0 Å². The van der Waals surface area contributed by atoms with Gasteiger partial charge in [-0.25, -0.2) is 15.0 Å². The molecule has 1 atom stereocenters. The molecule has 2 aromatic carbocycles. The van der Waals surface area contributed by atoms with Crippen LogP contribution >= 0.6 is 11.8 Å². The first kappa shape index (κ1) is 19.1. The normalized spacial score (nSPS) is 16.0. The number of aryl methyl sites for hydroxylation is 1. The van der Waals surface area contributed by atoms with Crippen LogP contribution in [-0.4, -0.2) is 26.9 Å². The van der Waals surface area contributed by atoms with Crippen molar-refractivity contribution in [2.75, 3.05) is 11.3 Å². The first-order valence-electron chi connectivity index (χ1n) is 9.11. The maximum atomic E-state index is 11.3. The predicted molar refractivity (Wildman–Crippen MR) is 114 cm³/mol. The second kappa shape index (κ2) is 8.00. The fourth-order valence-corrected chi connectivity index (χ4v) is 3.79. The quantitative estimate of drug-likeness (QED) is 0.263. The van der Waals surface area contributed by atoms with Gasteiger partial charge in [0.15, 0.2) is 11.0 Å². The molecule has 4 rings (SSSR count). The summed E-state index contributed by atoms with van der Waals surface area (Å²) in [6, 6.07) is 18.4. The first-order valence-corrected chi connectivity index (χ1v) is 10.3. The van der Waals surface area contributed by atoms with Crippen molar-refractivity contribution < 1.29 is 4.92 Å². The number of non-ortho nitro benzene ring substituents is 1. The highest BCUT2D eigenvalue weighted by Crippen LogP contribution is 2.37. The maximum Gasteiger partial charge on any atom is 0.269 e. The smallest absolute Gasteiger partial charge is 0.258 e. The lowest BCUT2D eigenvalue weighted by molar-refractivity contribution is -0.384. The van der Waals surface area contributed by atoms with E-state index in [-0.39, 0.29) is 16.7 Å². The Balaban J connectivity index is 1.80. The summed E-state index contributed by atoms with van der Waals surface area (Å²) in [6.07, 6.45) is 2.56. The number of thioether (sulfide) groups is 1. The van der Waals surface area contributed by atoms with E-state index in [1.54, 1.807) is 12.1 Å². The van der Waals surface area contributed by atoms with E-state index in [4.69, 9.17) is 5.10 Å². The molecule has 1 aliphatic heterocycles. The Morgan fingerprint density at radius 1 is 1.10 bits per heavy atom. The van der Waals surface area contributed by atoms with Gasteiger partial charge in [-0.05, 0) is 24.3 Å². The molecule has 8 heteroatoms. The zero-order valence-electron chi connectivity index (χ0n) is 16.0. The maximum absolute atomic E-state index is 11.3. The summed E-state index contributed by atoms with van der Waals surface area (Å²) in [6.45, 7) is 1.92. The van der Waals surface area contributed by atoms with Crippen LogP contribution in [0, 0.1) is 17.0 Å². The lowest BCUT2D eigenvalue weighted by Gasteiger charge is -2.23. The van der Waals surface area contributed by atoms with Crippen LogP contribution in [0.15, 0.2) is 70.9 Å². The molecule has 0 fully saturated rings. The lowest BCUT2D eigenvalue weighted by atomic mass is 9.98. The van der Waals surface area contributed by atoms with E-state index in [1.807, 2.05) is 60.7 Å². The van der Waals surface area contributed by atoms with Crippen LogP contribution in [0.5, 0.6) is 0 Å². The summed E-state index contributed by atoms with van der Waals surface area (Å²) < 4.78 is 0. The molecule has 0 radical (unpaired) electrons. The van der Waals surface area contributed by atoms with Gasteiger partial charge in [0.1, 0.15) is 0 Å². The van der Waals surface area contributed by atoms with Crippen molar-refractivity contribution in [3.8, 4) is 0 Å². The van der Waals surface area contributed by atoms with Gasteiger partial charge in [-0.2, -0.15) is 5.10 Å². The Labute approximate surface area is 172 Å². The van der Waals surface area contributed by atoms with Crippen LogP contribution in [-0.2, 0) is 0 Å².